The summed E-state index contributed by atoms with van der Waals surface area (Å²) in [5.41, 5.74) is 3.04. The first-order valence-corrected chi connectivity index (χ1v) is 10.7. The van der Waals surface area contributed by atoms with Crippen molar-refractivity contribution in [2.45, 2.75) is 9.79 Å². The van der Waals surface area contributed by atoms with Gasteiger partial charge >= 0.3 is 0 Å². The number of H-pyrrole nitrogens is 2. The highest BCUT2D eigenvalue weighted by molar-refractivity contribution is 8.76. The summed E-state index contributed by atoms with van der Waals surface area (Å²) in [6.07, 6.45) is 1.08. The second-order valence-electron chi connectivity index (χ2n) is 5.87. The fourth-order valence-corrected chi connectivity index (χ4v) is 4.67. The van der Waals surface area contributed by atoms with Gasteiger partial charge in [-0.15, -0.1) is 0 Å². The summed E-state index contributed by atoms with van der Waals surface area (Å²) >= 11 is 0. The summed E-state index contributed by atoms with van der Waals surface area (Å²) in [6.45, 7) is 0. The van der Waals surface area contributed by atoms with Gasteiger partial charge in [0.25, 0.3) is 0 Å². The van der Waals surface area contributed by atoms with Crippen LogP contribution in [0.4, 0.5) is 11.9 Å². The SMILES string of the molecule is CON(C=O)c1nc2cc(SSc3ccc4[nH]c(N(C=O)OC)nc4c3)ccc2[nH]1. The van der Waals surface area contributed by atoms with Crippen molar-refractivity contribution in [3.8, 4) is 0 Å². The minimum absolute atomic E-state index is 0.317. The monoisotopic (exact) mass is 444 g/mol. The number of carbonyl (C=O) groups excluding carboxylic acids is 2. The van der Waals surface area contributed by atoms with E-state index in [2.05, 4.69) is 19.9 Å². The van der Waals surface area contributed by atoms with Crippen molar-refractivity contribution in [2.75, 3.05) is 24.3 Å². The van der Waals surface area contributed by atoms with Crippen LogP contribution >= 0.6 is 21.6 Å². The Morgan fingerprint density at radius 2 is 1.23 bits per heavy atom. The van der Waals surface area contributed by atoms with Crippen LogP contribution in [0.25, 0.3) is 22.1 Å². The number of nitrogens with zero attached hydrogens (tertiary/aromatic N) is 4. The first-order chi connectivity index (χ1) is 14.6. The van der Waals surface area contributed by atoms with Crippen molar-refractivity contribution < 1.29 is 19.3 Å². The number of aromatic nitrogens is 4. The lowest BCUT2D eigenvalue weighted by Crippen LogP contribution is -2.20. The van der Waals surface area contributed by atoms with Crippen molar-refractivity contribution in [3.63, 3.8) is 0 Å². The molecule has 2 amide bonds. The molecule has 0 radical (unpaired) electrons. The maximum atomic E-state index is 11.0. The Labute approximate surface area is 178 Å². The number of carbonyl (C=O) groups is 2. The zero-order valence-corrected chi connectivity index (χ0v) is 17.5. The van der Waals surface area contributed by atoms with E-state index < -0.39 is 0 Å². The van der Waals surface area contributed by atoms with Crippen LogP contribution in [0.2, 0.25) is 0 Å². The molecule has 2 N–H and O–H groups in total. The number of fused-ring (bicyclic) bond motifs is 2. The van der Waals surface area contributed by atoms with E-state index in [1.54, 1.807) is 21.6 Å². The molecule has 4 aromatic rings. The van der Waals surface area contributed by atoms with Crippen LogP contribution < -0.4 is 10.1 Å². The Morgan fingerprint density at radius 1 is 0.800 bits per heavy atom. The van der Waals surface area contributed by atoms with Gasteiger partial charge in [0.05, 0.1) is 36.3 Å². The number of imidazole rings is 2. The van der Waals surface area contributed by atoms with Crippen LogP contribution in [0, 0.1) is 0 Å². The first-order valence-electron chi connectivity index (χ1n) is 8.56. The summed E-state index contributed by atoms with van der Waals surface area (Å²) in [7, 11) is 5.92. The van der Waals surface area contributed by atoms with Gasteiger partial charge in [-0.25, -0.2) is 9.97 Å². The molecular formula is C18H16N6O4S2. The van der Waals surface area contributed by atoms with Crippen LogP contribution in [0.15, 0.2) is 46.2 Å². The third-order valence-electron chi connectivity index (χ3n) is 4.12. The third kappa shape index (κ3) is 3.98. The number of hydrogen-bond acceptors (Lipinski definition) is 8. The highest BCUT2D eigenvalue weighted by atomic mass is 33.1. The summed E-state index contributed by atoms with van der Waals surface area (Å²) in [4.78, 5) is 48.7. The molecule has 0 aliphatic heterocycles. The largest absolute Gasteiger partial charge is 0.322 e. The van der Waals surface area contributed by atoms with Gasteiger partial charge in [0, 0.05) is 9.79 Å². The smallest absolute Gasteiger partial charge is 0.240 e. The van der Waals surface area contributed by atoms with Gasteiger partial charge in [0.15, 0.2) is 0 Å². The van der Waals surface area contributed by atoms with Crippen molar-refractivity contribution in [1.82, 2.24) is 19.9 Å². The Kier molecular flexibility index (Phi) is 5.90. The standard InChI is InChI=1S/C18H16N6O4S2/c1-27-23(9-25)17-19-13-5-3-11(7-15(13)21-17)29-30-12-4-6-14-16(8-12)22-18(20-14)24(10-26)28-2/h3-10H,1-2H3,(H,19,21)(H,20,22). The maximum absolute atomic E-state index is 11.0. The molecule has 0 aliphatic rings. The molecule has 0 unspecified atom stereocenters. The van der Waals surface area contributed by atoms with E-state index in [0.717, 1.165) is 42.0 Å². The Balaban J connectivity index is 1.50. The Morgan fingerprint density at radius 3 is 1.60 bits per heavy atom. The summed E-state index contributed by atoms with van der Waals surface area (Å²) in [5.74, 6) is 0.634. The zero-order valence-electron chi connectivity index (χ0n) is 15.9. The van der Waals surface area contributed by atoms with Crippen molar-refractivity contribution in [2.24, 2.45) is 0 Å². The second kappa shape index (κ2) is 8.75. The van der Waals surface area contributed by atoms with E-state index in [1.807, 2.05) is 36.4 Å². The minimum atomic E-state index is 0.317. The quantitative estimate of drug-likeness (QED) is 0.229. The maximum Gasteiger partial charge on any atom is 0.240 e. The van der Waals surface area contributed by atoms with Gasteiger partial charge in [-0.3, -0.25) is 19.3 Å². The molecule has 4 rings (SSSR count). The van der Waals surface area contributed by atoms with Crippen LogP contribution in [0.1, 0.15) is 0 Å². The molecular weight excluding hydrogens is 428 g/mol. The average Bonchev–Trinajstić information content (AvgIpc) is 3.37. The van der Waals surface area contributed by atoms with E-state index in [9.17, 15) is 9.59 Å². The molecule has 0 aliphatic carbocycles. The van der Waals surface area contributed by atoms with Gasteiger partial charge in [-0.1, -0.05) is 21.6 Å². The minimum Gasteiger partial charge on any atom is -0.322 e. The average molecular weight is 444 g/mol. The normalized spacial score (nSPS) is 11.1. The number of anilines is 2. The molecule has 0 saturated heterocycles. The van der Waals surface area contributed by atoms with E-state index in [-0.39, 0.29) is 0 Å². The molecule has 0 atom stereocenters. The summed E-state index contributed by atoms with van der Waals surface area (Å²) in [5, 5.41) is 2.04. The topological polar surface area (TPSA) is 116 Å². The number of rotatable bonds is 9. The lowest BCUT2D eigenvalue weighted by atomic mass is 10.3. The molecule has 154 valence electrons. The van der Waals surface area contributed by atoms with Crippen LogP contribution in [-0.4, -0.2) is 47.0 Å². The van der Waals surface area contributed by atoms with E-state index in [1.165, 1.54) is 14.2 Å². The number of amides is 2. The highest BCUT2D eigenvalue weighted by Gasteiger charge is 2.12. The van der Waals surface area contributed by atoms with Gasteiger partial charge < -0.3 is 9.97 Å². The molecule has 0 spiro atoms. The van der Waals surface area contributed by atoms with E-state index in [0.29, 0.717) is 24.7 Å². The van der Waals surface area contributed by atoms with Gasteiger partial charge in [0.2, 0.25) is 24.7 Å². The van der Waals surface area contributed by atoms with Gasteiger partial charge in [-0.05, 0) is 36.4 Å². The predicted octanol–water partition coefficient (Wildman–Crippen LogP) is 3.29. The van der Waals surface area contributed by atoms with Gasteiger partial charge in [0.1, 0.15) is 0 Å². The third-order valence-corrected chi connectivity index (χ3v) is 6.50. The number of hydrogen-bond donors (Lipinski definition) is 2. The van der Waals surface area contributed by atoms with Crippen LogP contribution in [0.3, 0.4) is 0 Å². The molecule has 2 aromatic carbocycles. The fourth-order valence-electron chi connectivity index (χ4n) is 2.71. The van der Waals surface area contributed by atoms with Crippen LogP contribution in [-0.2, 0) is 19.3 Å². The summed E-state index contributed by atoms with van der Waals surface area (Å²) in [6, 6.07) is 11.6. The zero-order chi connectivity index (χ0) is 21.1. The molecule has 2 heterocycles. The molecule has 0 fully saturated rings. The number of benzene rings is 2. The van der Waals surface area contributed by atoms with E-state index in [4.69, 9.17) is 9.68 Å². The molecule has 30 heavy (non-hydrogen) atoms. The highest BCUT2D eigenvalue weighted by Crippen LogP contribution is 2.39. The van der Waals surface area contributed by atoms with E-state index >= 15 is 0 Å². The van der Waals surface area contributed by atoms with Crippen molar-refractivity contribution in [1.29, 1.82) is 0 Å². The van der Waals surface area contributed by atoms with Crippen molar-refractivity contribution in [3.05, 3.63) is 36.4 Å². The molecule has 0 bridgehead atoms. The van der Waals surface area contributed by atoms with Crippen molar-refractivity contribution >= 4 is 68.4 Å². The molecule has 0 saturated carbocycles. The first kappa shape index (κ1) is 20.2. The number of aromatic amines is 2. The molecule has 10 nitrogen and oxygen atoms in total. The fraction of sp³-hybridized carbons (Fsp3) is 0.111. The lowest BCUT2D eigenvalue weighted by Gasteiger charge is -2.08. The molecule has 2 aromatic heterocycles. The summed E-state index contributed by atoms with van der Waals surface area (Å²) < 4.78 is 0. The predicted molar refractivity (Wildman–Crippen MR) is 115 cm³/mol. The number of nitrogens with one attached hydrogen (secondary N) is 2. The Bertz CT molecular complexity index is 1120. The number of hydroxylamine groups is 2. The van der Waals surface area contributed by atoms with Crippen LogP contribution in [0.5, 0.6) is 0 Å². The lowest BCUT2D eigenvalue weighted by molar-refractivity contribution is -0.113. The second-order valence-corrected chi connectivity index (χ2v) is 8.15. The molecule has 12 heteroatoms. The Hall–Kier alpha value is -3.06. The van der Waals surface area contributed by atoms with Gasteiger partial charge in [-0.2, -0.15) is 10.1 Å².